The minimum absolute atomic E-state index is 0.690. The van der Waals surface area contributed by atoms with Gasteiger partial charge in [0, 0.05) is 35.5 Å². The molecule has 2 aromatic rings. The summed E-state index contributed by atoms with van der Waals surface area (Å²) in [5.74, 6) is 0. The van der Waals surface area contributed by atoms with Crippen LogP contribution in [0.1, 0.15) is 12.0 Å². The number of rotatable bonds is 7. The second kappa shape index (κ2) is 6.59. The highest BCUT2D eigenvalue weighted by atomic mass is 79.9. The van der Waals surface area contributed by atoms with Crippen molar-refractivity contribution in [1.29, 1.82) is 0 Å². The summed E-state index contributed by atoms with van der Waals surface area (Å²) in [5, 5.41) is 5.02. The smallest absolute Gasteiger partial charge is 0.207 e. The third-order valence-electron chi connectivity index (χ3n) is 3.03. The van der Waals surface area contributed by atoms with Crippen molar-refractivity contribution in [2.75, 3.05) is 11.9 Å². The summed E-state index contributed by atoms with van der Waals surface area (Å²) in [6.07, 6.45) is 4.95. The number of hydrogen-bond acceptors (Lipinski definition) is 1. The summed E-state index contributed by atoms with van der Waals surface area (Å²) >= 11 is 3.47. The van der Waals surface area contributed by atoms with Gasteiger partial charge in [-0.05, 0) is 24.5 Å². The Hall–Kier alpha value is -1.29. The van der Waals surface area contributed by atoms with E-state index < -0.39 is 0 Å². The lowest BCUT2D eigenvalue weighted by Crippen LogP contribution is -2.14. The SMILES string of the molecule is O=CNCCc1cn(CCCBr)c2ccccc12. The van der Waals surface area contributed by atoms with Gasteiger partial charge in [-0.2, -0.15) is 0 Å². The minimum Gasteiger partial charge on any atom is -0.358 e. The Bertz CT molecular complexity index is 521. The van der Waals surface area contributed by atoms with Crippen LogP contribution in [-0.4, -0.2) is 22.9 Å². The zero-order valence-electron chi connectivity index (χ0n) is 10.2. The highest BCUT2D eigenvalue weighted by Gasteiger charge is 2.07. The van der Waals surface area contributed by atoms with Gasteiger partial charge in [0.05, 0.1) is 0 Å². The standard InChI is InChI=1S/C14H17BrN2O/c15-7-3-9-17-10-12(6-8-16-11-18)13-4-1-2-5-14(13)17/h1-2,4-5,10-11H,3,6-9H2,(H,16,18). The van der Waals surface area contributed by atoms with Crippen molar-refractivity contribution in [3.8, 4) is 0 Å². The second-order valence-corrected chi connectivity index (χ2v) is 5.02. The average molecular weight is 309 g/mol. The molecule has 0 bridgehead atoms. The molecule has 0 radical (unpaired) electrons. The molecule has 0 spiro atoms. The summed E-state index contributed by atoms with van der Waals surface area (Å²) in [6, 6.07) is 8.44. The maximum Gasteiger partial charge on any atom is 0.207 e. The van der Waals surface area contributed by atoms with E-state index in [1.807, 2.05) is 0 Å². The lowest BCUT2D eigenvalue weighted by Gasteiger charge is -2.02. The molecule has 1 heterocycles. The maximum atomic E-state index is 10.3. The quantitative estimate of drug-likeness (QED) is 0.476. The fraction of sp³-hybridized carbons (Fsp3) is 0.357. The molecule has 0 aliphatic carbocycles. The van der Waals surface area contributed by atoms with Gasteiger partial charge in [-0.1, -0.05) is 34.1 Å². The van der Waals surface area contributed by atoms with Crippen LogP contribution >= 0.6 is 15.9 Å². The fourth-order valence-corrected chi connectivity index (χ4v) is 2.45. The highest BCUT2D eigenvalue weighted by Crippen LogP contribution is 2.22. The molecule has 0 unspecified atom stereocenters. The molecule has 0 aliphatic heterocycles. The van der Waals surface area contributed by atoms with Crippen LogP contribution in [0.5, 0.6) is 0 Å². The summed E-state index contributed by atoms with van der Waals surface area (Å²) in [5.41, 5.74) is 2.58. The Labute approximate surface area is 115 Å². The Morgan fingerprint density at radius 1 is 1.33 bits per heavy atom. The molecule has 1 aromatic carbocycles. The molecule has 0 fully saturated rings. The number of benzene rings is 1. The lowest BCUT2D eigenvalue weighted by molar-refractivity contribution is -0.109. The number of para-hydroxylation sites is 1. The van der Waals surface area contributed by atoms with Crippen LogP contribution in [0.4, 0.5) is 0 Å². The van der Waals surface area contributed by atoms with Gasteiger partial charge in [0.2, 0.25) is 6.41 Å². The van der Waals surface area contributed by atoms with Crippen LogP contribution in [0.25, 0.3) is 10.9 Å². The Morgan fingerprint density at radius 3 is 2.94 bits per heavy atom. The minimum atomic E-state index is 0.690. The number of fused-ring (bicyclic) bond motifs is 1. The molecule has 4 heteroatoms. The van der Waals surface area contributed by atoms with Crippen LogP contribution in [0.3, 0.4) is 0 Å². The van der Waals surface area contributed by atoms with Crippen LogP contribution in [0.15, 0.2) is 30.5 Å². The molecule has 0 saturated carbocycles. The van der Waals surface area contributed by atoms with Gasteiger partial charge < -0.3 is 9.88 Å². The third kappa shape index (κ3) is 2.93. The second-order valence-electron chi connectivity index (χ2n) is 4.23. The van der Waals surface area contributed by atoms with E-state index >= 15 is 0 Å². The number of alkyl halides is 1. The molecule has 2 rings (SSSR count). The Kier molecular flexibility index (Phi) is 4.81. The summed E-state index contributed by atoms with van der Waals surface area (Å²) < 4.78 is 2.30. The van der Waals surface area contributed by atoms with E-state index in [-0.39, 0.29) is 0 Å². The van der Waals surface area contributed by atoms with Crippen molar-refractivity contribution in [2.24, 2.45) is 0 Å². The van der Waals surface area contributed by atoms with Gasteiger partial charge in [0.15, 0.2) is 0 Å². The van der Waals surface area contributed by atoms with E-state index in [4.69, 9.17) is 0 Å². The van der Waals surface area contributed by atoms with E-state index in [9.17, 15) is 4.79 Å². The number of hydrogen-bond donors (Lipinski definition) is 1. The average Bonchev–Trinajstić information content (AvgIpc) is 2.76. The predicted octanol–water partition coefficient (Wildman–Crippen LogP) is 2.71. The van der Waals surface area contributed by atoms with Crippen LogP contribution in [-0.2, 0) is 17.8 Å². The van der Waals surface area contributed by atoms with Crippen molar-refractivity contribution in [3.05, 3.63) is 36.0 Å². The van der Waals surface area contributed by atoms with Crippen LogP contribution in [0.2, 0.25) is 0 Å². The molecule has 1 aromatic heterocycles. The molecule has 1 amide bonds. The van der Waals surface area contributed by atoms with E-state index in [0.717, 1.165) is 31.1 Å². The first-order valence-electron chi connectivity index (χ1n) is 6.16. The number of aromatic nitrogens is 1. The van der Waals surface area contributed by atoms with Gasteiger partial charge in [0.1, 0.15) is 0 Å². The van der Waals surface area contributed by atoms with Crippen molar-refractivity contribution in [3.63, 3.8) is 0 Å². The molecule has 0 saturated heterocycles. The molecule has 18 heavy (non-hydrogen) atoms. The van der Waals surface area contributed by atoms with Crippen molar-refractivity contribution < 1.29 is 4.79 Å². The van der Waals surface area contributed by atoms with E-state index in [1.54, 1.807) is 0 Å². The Balaban J connectivity index is 2.25. The summed E-state index contributed by atoms with van der Waals surface area (Å²) in [7, 11) is 0. The third-order valence-corrected chi connectivity index (χ3v) is 3.59. The number of carbonyl (C=O) groups excluding carboxylic acids is 1. The first kappa shape index (κ1) is 13.1. The van der Waals surface area contributed by atoms with Gasteiger partial charge in [-0.15, -0.1) is 0 Å². The van der Waals surface area contributed by atoms with Crippen molar-refractivity contribution in [1.82, 2.24) is 9.88 Å². The predicted molar refractivity (Wildman–Crippen MR) is 78.1 cm³/mol. The fourth-order valence-electron chi connectivity index (χ4n) is 2.20. The van der Waals surface area contributed by atoms with Crippen molar-refractivity contribution >= 4 is 33.2 Å². The molecule has 0 aliphatic rings. The molecule has 3 nitrogen and oxygen atoms in total. The zero-order chi connectivity index (χ0) is 12.8. The normalized spacial score (nSPS) is 10.7. The first-order chi connectivity index (χ1) is 8.86. The largest absolute Gasteiger partial charge is 0.358 e. The number of aryl methyl sites for hydroxylation is 1. The van der Waals surface area contributed by atoms with E-state index in [0.29, 0.717) is 6.54 Å². The van der Waals surface area contributed by atoms with Gasteiger partial charge in [0.25, 0.3) is 0 Å². The molecule has 96 valence electrons. The van der Waals surface area contributed by atoms with Gasteiger partial charge in [-0.25, -0.2) is 0 Å². The Morgan fingerprint density at radius 2 is 2.17 bits per heavy atom. The van der Waals surface area contributed by atoms with Gasteiger partial charge >= 0.3 is 0 Å². The number of amides is 1. The van der Waals surface area contributed by atoms with Gasteiger partial charge in [-0.3, -0.25) is 4.79 Å². The molecule has 1 N–H and O–H groups in total. The molecular weight excluding hydrogens is 292 g/mol. The zero-order valence-corrected chi connectivity index (χ0v) is 11.8. The summed E-state index contributed by atoms with van der Waals surface area (Å²) in [6.45, 7) is 1.71. The van der Waals surface area contributed by atoms with Crippen LogP contribution in [0, 0.1) is 0 Å². The number of nitrogens with one attached hydrogen (secondary N) is 1. The van der Waals surface area contributed by atoms with E-state index in [1.165, 1.54) is 16.5 Å². The number of carbonyl (C=O) groups is 1. The lowest BCUT2D eigenvalue weighted by atomic mass is 10.1. The van der Waals surface area contributed by atoms with Crippen molar-refractivity contribution in [2.45, 2.75) is 19.4 Å². The molecule has 0 atom stereocenters. The monoisotopic (exact) mass is 308 g/mol. The summed E-state index contributed by atoms with van der Waals surface area (Å²) in [4.78, 5) is 10.3. The molecular formula is C14H17BrN2O. The van der Waals surface area contributed by atoms with Crippen LogP contribution < -0.4 is 5.32 Å². The number of nitrogens with zero attached hydrogens (tertiary/aromatic N) is 1. The first-order valence-corrected chi connectivity index (χ1v) is 7.28. The highest BCUT2D eigenvalue weighted by molar-refractivity contribution is 9.09. The topological polar surface area (TPSA) is 34.0 Å². The maximum absolute atomic E-state index is 10.3. The van der Waals surface area contributed by atoms with E-state index in [2.05, 4.69) is 56.3 Å². The number of halogens is 1.